The number of aliphatic imine (C=N–C) groups is 1. The summed E-state index contributed by atoms with van der Waals surface area (Å²) < 4.78 is 22.2. The molecule has 0 heterocycles. The van der Waals surface area contributed by atoms with Crippen LogP contribution in [0.2, 0.25) is 0 Å². The highest BCUT2D eigenvalue weighted by Crippen LogP contribution is 2.09. The van der Waals surface area contributed by atoms with Crippen molar-refractivity contribution in [2.75, 3.05) is 6.54 Å². The Hall–Kier alpha value is -1.64. The fourth-order valence-corrected chi connectivity index (χ4v) is 2.01. The van der Waals surface area contributed by atoms with E-state index < -0.39 is 10.0 Å². The second-order valence-corrected chi connectivity index (χ2v) is 5.84. The summed E-state index contributed by atoms with van der Waals surface area (Å²) in [6.07, 6.45) is 2.11. The fourth-order valence-electron chi connectivity index (χ4n) is 1.49. The maximum absolute atomic E-state index is 11.1. The van der Waals surface area contributed by atoms with E-state index in [2.05, 4.69) is 22.7 Å². The molecule has 0 spiro atoms. The monoisotopic (exact) mass is 299 g/mol. The van der Waals surface area contributed by atoms with Crippen molar-refractivity contribution in [1.29, 1.82) is 0 Å². The number of nitrogens with zero attached hydrogens (tertiary/aromatic N) is 1. The van der Waals surface area contributed by atoms with Crippen LogP contribution < -0.4 is 21.7 Å². The summed E-state index contributed by atoms with van der Waals surface area (Å²) in [5.74, 6) is 5.87. The summed E-state index contributed by atoms with van der Waals surface area (Å²) >= 11 is 0. The lowest BCUT2D eigenvalue weighted by molar-refractivity contribution is 0.598. The molecule has 7 nitrogen and oxygen atoms in total. The van der Waals surface area contributed by atoms with Crippen LogP contribution in [0.1, 0.15) is 25.3 Å². The van der Waals surface area contributed by atoms with E-state index in [0.717, 1.165) is 24.9 Å². The Morgan fingerprint density at radius 3 is 2.45 bits per heavy atom. The number of guanidine groups is 1. The summed E-state index contributed by atoms with van der Waals surface area (Å²) in [4.78, 5) is 4.35. The average Bonchev–Trinajstić information content (AvgIpc) is 2.42. The Morgan fingerprint density at radius 2 is 1.95 bits per heavy atom. The number of nitrogens with one attached hydrogen (secondary N) is 2. The third-order valence-electron chi connectivity index (χ3n) is 2.63. The second-order valence-electron chi connectivity index (χ2n) is 4.28. The molecule has 0 aliphatic rings. The molecule has 1 aromatic carbocycles. The molecule has 0 aliphatic carbocycles. The van der Waals surface area contributed by atoms with Gasteiger partial charge in [-0.05, 0) is 24.1 Å². The first-order chi connectivity index (χ1) is 9.47. The number of sulfonamides is 1. The fraction of sp³-hybridized carbons (Fsp3) is 0.417. The van der Waals surface area contributed by atoms with Crippen LogP contribution in [-0.2, 0) is 16.6 Å². The lowest BCUT2D eigenvalue weighted by Crippen LogP contribution is -2.41. The molecule has 0 aromatic heterocycles. The molecule has 0 amide bonds. The highest BCUT2D eigenvalue weighted by molar-refractivity contribution is 7.89. The Balaban J connectivity index is 2.63. The van der Waals surface area contributed by atoms with E-state index in [9.17, 15) is 8.42 Å². The highest BCUT2D eigenvalue weighted by Gasteiger charge is 2.06. The number of primary sulfonamides is 1. The molecule has 0 atom stereocenters. The summed E-state index contributed by atoms with van der Waals surface area (Å²) in [5.41, 5.74) is 3.35. The van der Waals surface area contributed by atoms with Crippen LogP contribution in [0.25, 0.3) is 0 Å². The quantitative estimate of drug-likeness (QED) is 0.194. The van der Waals surface area contributed by atoms with Gasteiger partial charge in [-0.3, -0.25) is 5.43 Å². The maximum atomic E-state index is 11.1. The standard InChI is InChI=1S/C12H21N5O2S/c1-2-3-8-15-12(17-13)16-9-10-4-6-11(7-5-10)20(14,18)19/h4-7H,2-3,8-9,13H2,1H3,(H2,14,18,19)(H2,15,16,17). The molecule has 0 unspecified atom stereocenters. The minimum absolute atomic E-state index is 0.0865. The van der Waals surface area contributed by atoms with Gasteiger partial charge in [0, 0.05) is 6.54 Å². The molecule has 0 bridgehead atoms. The number of nitrogens with two attached hydrogens (primary N) is 2. The number of rotatable bonds is 6. The molecule has 0 saturated carbocycles. The van der Waals surface area contributed by atoms with Crippen LogP contribution in [0.4, 0.5) is 0 Å². The van der Waals surface area contributed by atoms with Crippen molar-refractivity contribution in [3.05, 3.63) is 29.8 Å². The zero-order valence-corrected chi connectivity index (χ0v) is 12.3. The molecule has 1 rings (SSSR count). The van der Waals surface area contributed by atoms with Crippen molar-refractivity contribution in [1.82, 2.24) is 10.7 Å². The average molecular weight is 299 g/mol. The van der Waals surface area contributed by atoms with E-state index in [0.29, 0.717) is 12.5 Å². The molecule has 1 aromatic rings. The van der Waals surface area contributed by atoms with Crippen LogP contribution >= 0.6 is 0 Å². The van der Waals surface area contributed by atoms with Gasteiger partial charge in [-0.25, -0.2) is 24.4 Å². The highest BCUT2D eigenvalue weighted by atomic mass is 32.2. The minimum Gasteiger partial charge on any atom is -0.355 e. The van der Waals surface area contributed by atoms with E-state index in [-0.39, 0.29) is 4.90 Å². The smallest absolute Gasteiger partial charge is 0.238 e. The Bertz CT molecular complexity index is 539. The van der Waals surface area contributed by atoms with Gasteiger partial charge in [-0.15, -0.1) is 0 Å². The van der Waals surface area contributed by atoms with Crippen LogP contribution in [0.5, 0.6) is 0 Å². The number of unbranched alkanes of at least 4 members (excludes halogenated alkanes) is 1. The van der Waals surface area contributed by atoms with Gasteiger partial charge in [0.1, 0.15) is 0 Å². The largest absolute Gasteiger partial charge is 0.355 e. The Morgan fingerprint density at radius 1 is 1.30 bits per heavy atom. The predicted molar refractivity (Wildman–Crippen MR) is 79.2 cm³/mol. The first-order valence-electron chi connectivity index (χ1n) is 6.34. The van der Waals surface area contributed by atoms with Gasteiger partial charge in [0.05, 0.1) is 11.4 Å². The molecule has 0 fully saturated rings. The van der Waals surface area contributed by atoms with Gasteiger partial charge >= 0.3 is 0 Å². The van der Waals surface area contributed by atoms with Crippen molar-refractivity contribution >= 4 is 16.0 Å². The predicted octanol–water partition coefficient (Wildman–Crippen LogP) is 0.0430. The van der Waals surface area contributed by atoms with Crippen LogP contribution in [0.15, 0.2) is 34.2 Å². The van der Waals surface area contributed by atoms with E-state index in [1.54, 1.807) is 12.1 Å². The van der Waals surface area contributed by atoms with Crippen molar-refractivity contribution in [3.8, 4) is 0 Å². The molecule has 0 radical (unpaired) electrons. The third kappa shape index (κ3) is 5.55. The first kappa shape index (κ1) is 16.4. The van der Waals surface area contributed by atoms with E-state index in [1.807, 2.05) is 0 Å². The number of hydrogen-bond acceptors (Lipinski definition) is 4. The zero-order valence-electron chi connectivity index (χ0n) is 11.5. The number of hydrogen-bond donors (Lipinski definition) is 4. The van der Waals surface area contributed by atoms with Crippen LogP contribution in [-0.4, -0.2) is 20.9 Å². The molecule has 20 heavy (non-hydrogen) atoms. The minimum atomic E-state index is -3.65. The van der Waals surface area contributed by atoms with Gasteiger partial charge in [0.15, 0.2) is 0 Å². The normalized spacial score (nSPS) is 12.2. The third-order valence-corrected chi connectivity index (χ3v) is 3.56. The Kier molecular flexibility index (Phi) is 6.43. The van der Waals surface area contributed by atoms with E-state index >= 15 is 0 Å². The lowest BCUT2D eigenvalue weighted by Gasteiger charge is -2.08. The summed E-state index contributed by atoms with van der Waals surface area (Å²) in [5, 5.41) is 8.10. The number of hydrazine groups is 1. The summed E-state index contributed by atoms with van der Waals surface area (Å²) in [7, 11) is -3.65. The molecule has 0 saturated heterocycles. The van der Waals surface area contributed by atoms with Crippen LogP contribution in [0, 0.1) is 0 Å². The molecular formula is C12H21N5O2S. The van der Waals surface area contributed by atoms with Gasteiger partial charge in [-0.2, -0.15) is 0 Å². The van der Waals surface area contributed by atoms with Crippen molar-refractivity contribution < 1.29 is 8.42 Å². The van der Waals surface area contributed by atoms with Crippen molar-refractivity contribution in [2.45, 2.75) is 31.2 Å². The molecule has 112 valence electrons. The molecule has 0 aliphatic heterocycles. The van der Waals surface area contributed by atoms with E-state index in [1.165, 1.54) is 12.1 Å². The van der Waals surface area contributed by atoms with Crippen LogP contribution in [0.3, 0.4) is 0 Å². The topological polar surface area (TPSA) is 123 Å². The molecular weight excluding hydrogens is 278 g/mol. The second kappa shape index (κ2) is 7.83. The van der Waals surface area contributed by atoms with Gasteiger partial charge < -0.3 is 5.32 Å². The van der Waals surface area contributed by atoms with Crippen molar-refractivity contribution in [2.24, 2.45) is 16.0 Å². The van der Waals surface area contributed by atoms with Gasteiger partial charge in [0.2, 0.25) is 16.0 Å². The molecule has 6 N–H and O–H groups in total. The van der Waals surface area contributed by atoms with Gasteiger partial charge in [-0.1, -0.05) is 25.5 Å². The Labute approximate surface area is 119 Å². The molecule has 8 heteroatoms. The van der Waals surface area contributed by atoms with Crippen molar-refractivity contribution in [3.63, 3.8) is 0 Å². The zero-order chi connectivity index (χ0) is 15.0. The first-order valence-corrected chi connectivity index (χ1v) is 7.88. The SMILES string of the molecule is CCCCNC(=NCc1ccc(S(N)(=O)=O)cc1)NN. The van der Waals surface area contributed by atoms with E-state index in [4.69, 9.17) is 11.0 Å². The summed E-state index contributed by atoms with van der Waals surface area (Å²) in [6, 6.07) is 6.26. The van der Waals surface area contributed by atoms with Gasteiger partial charge in [0.25, 0.3) is 0 Å². The number of benzene rings is 1. The maximum Gasteiger partial charge on any atom is 0.238 e. The summed E-state index contributed by atoms with van der Waals surface area (Å²) in [6.45, 7) is 3.29. The lowest BCUT2D eigenvalue weighted by atomic mass is 10.2.